The van der Waals surface area contributed by atoms with E-state index >= 15 is 0 Å². The van der Waals surface area contributed by atoms with E-state index in [-0.39, 0.29) is 11.4 Å². The van der Waals surface area contributed by atoms with Gasteiger partial charge in [-0.25, -0.2) is 0 Å². The highest BCUT2D eigenvalue weighted by Gasteiger charge is 2.59. The van der Waals surface area contributed by atoms with E-state index in [2.05, 4.69) is 39.8 Å². The molecule has 0 heterocycles. The maximum absolute atomic E-state index is 11.7. The molecule has 3 aliphatic carbocycles. The average molecular weight is 448 g/mol. The van der Waals surface area contributed by atoms with Crippen molar-refractivity contribution in [3.05, 3.63) is 0 Å². The van der Waals surface area contributed by atoms with Crippen LogP contribution in [0.4, 0.5) is 0 Å². The Morgan fingerprint density at radius 1 is 1.09 bits per heavy atom. The molecule has 7 atom stereocenters. The Morgan fingerprint density at radius 2 is 1.84 bits per heavy atom. The van der Waals surface area contributed by atoms with Crippen LogP contribution in [0.2, 0.25) is 0 Å². The number of methoxy groups -OCH3 is 1. The average Bonchev–Trinajstić information content (AvgIpc) is 3.11. The van der Waals surface area contributed by atoms with Gasteiger partial charge in [-0.15, -0.1) is 0 Å². The predicted octanol–water partition coefficient (Wildman–Crippen LogP) is 7.48. The van der Waals surface area contributed by atoms with Crippen LogP contribution in [0, 0.1) is 46.3 Å². The van der Waals surface area contributed by atoms with Crippen LogP contribution in [-0.4, -0.2) is 24.0 Å². The molecule has 0 unspecified atom stereocenters. The minimum Gasteiger partial charge on any atom is -0.469 e. The highest BCUT2D eigenvalue weighted by atomic mass is 16.5. The Kier molecular flexibility index (Phi) is 8.36. The number of hydrogen-bond acceptors (Lipinski definition) is 4. The van der Waals surface area contributed by atoms with Gasteiger partial charge in [-0.05, 0) is 92.3 Å². The number of hydrogen-bond donors (Lipinski definition) is 1. The Balaban J connectivity index is 1.72. The van der Waals surface area contributed by atoms with Crippen molar-refractivity contribution >= 4 is 11.7 Å². The lowest BCUT2D eigenvalue weighted by molar-refractivity contribution is -0.140. The molecule has 4 nitrogen and oxygen atoms in total. The number of nitrogens with zero attached hydrogens (tertiary/aromatic N) is 1. The van der Waals surface area contributed by atoms with E-state index in [1.165, 1.54) is 58.5 Å². The number of esters is 1. The molecule has 3 saturated carbocycles. The number of carbonyl (C=O) groups excluding carboxylic acids is 1. The zero-order valence-corrected chi connectivity index (χ0v) is 21.7. The Morgan fingerprint density at radius 3 is 2.50 bits per heavy atom. The molecule has 0 spiro atoms. The van der Waals surface area contributed by atoms with Gasteiger partial charge in [0.05, 0.1) is 12.8 Å². The highest BCUT2D eigenvalue weighted by Crippen LogP contribution is 2.66. The third kappa shape index (κ3) is 4.89. The lowest BCUT2D eigenvalue weighted by atomic mass is 9.47. The van der Waals surface area contributed by atoms with Crippen molar-refractivity contribution in [1.29, 1.82) is 0 Å². The largest absolute Gasteiger partial charge is 0.469 e. The van der Waals surface area contributed by atoms with Crippen LogP contribution in [0.5, 0.6) is 0 Å². The summed E-state index contributed by atoms with van der Waals surface area (Å²) in [7, 11) is 1.46. The summed E-state index contributed by atoms with van der Waals surface area (Å²) in [5.41, 5.74) is 1.36. The molecule has 0 aromatic heterocycles. The molecule has 32 heavy (non-hydrogen) atoms. The van der Waals surface area contributed by atoms with Crippen molar-refractivity contribution in [1.82, 2.24) is 0 Å². The summed E-state index contributed by atoms with van der Waals surface area (Å²) in [6.45, 7) is 12.1. The predicted molar refractivity (Wildman–Crippen MR) is 131 cm³/mol. The van der Waals surface area contributed by atoms with Crippen molar-refractivity contribution in [2.24, 2.45) is 51.5 Å². The molecule has 3 fully saturated rings. The molecule has 0 bridgehead atoms. The summed E-state index contributed by atoms with van der Waals surface area (Å²) in [4.78, 5) is 11.7. The van der Waals surface area contributed by atoms with Crippen molar-refractivity contribution in [2.75, 3.05) is 7.11 Å². The monoisotopic (exact) mass is 447 g/mol. The Hall–Kier alpha value is -1.06. The van der Waals surface area contributed by atoms with Crippen molar-refractivity contribution in [3.8, 4) is 0 Å². The van der Waals surface area contributed by atoms with E-state index in [0.717, 1.165) is 54.6 Å². The number of oxime groups is 1. The molecule has 1 N–H and O–H groups in total. The van der Waals surface area contributed by atoms with Crippen LogP contribution in [0.15, 0.2) is 5.16 Å². The van der Waals surface area contributed by atoms with Gasteiger partial charge in [0.15, 0.2) is 0 Å². The van der Waals surface area contributed by atoms with Gasteiger partial charge in [-0.2, -0.15) is 0 Å². The molecular formula is C28H49NO3. The number of carbonyl (C=O) groups is 1. The molecule has 0 radical (unpaired) electrons. The first kappa shape index (κ1) is 25.6. The van der Waals surface area contributed by atoms with Crippen molar-refractivity contribution in [2.45, 2.75) is 112 Å². The van der Waals surface area contributed by atoms with Crippen LogP contribution in [0.1, 0.15) is 112 Å². The molecule has 0 aliphatic heterocycles. The highest BCUT2D eigenvalue weighted by molar-refractivity contribution is 5.90. The molecule has 3 rings (SSSR count). The molecule has 0 aromatic carbocycles. The van der Waals surface area contributed by atoms with Crippen molar-refractivity contribution < 1.29 is 14.7 Å². The minimum absolute atomic E-state index is 0.0893. The van der Waals surface area contributed by atoms with Gasteiger partial charge in [0.1, 0.15) is 0 Å². The van der Waals surface area contributed by atoms with Gasteiger partial charge in [-0.1, -0.05) is 59.0 Å². The van der Waals surface area contributed by atoms with E-state index < -0.39 is 0 Å². The van der Waals surface area contributed by atoms with E-state index in [1.54, 1.807) is 0 Å². The Labute approximate surface area is 196 Å². The fourth-order valence-electron chi connectivity index (χ4n) is 8.50. The molecule has 0 amide bonds. The van der Waals surface area contributed by atoms with E-state index in [0.29, 0.717) is 17.8 Å². The lowest BCUT2D eigenvalue weighted by Gasteiger charge is -2.57. The van der Waals surface area contributed by atoms with Crippen molar-refractivity contribution in [3.63, 3.8) is 0 Å². The summed E-state index contributed by atoms with van der Waals surface area (Å²) in [5, 5.41) is 13.6. The van der Waals surface area contributed by atoms with Gasteiger partial charge in [0.2, 0.25) is 0 Å². The molecule has 184 valence electrons. The second-order valence-electron chi connectivity index (χ2n) is 12.3. The summed E-state index contributed by atoms with van der Waals surface area (Å²) < 4.78 is 4.86. The van der Waals surface area contributed by atoms with E-state index in [1.807, 2.05) is 0 Å². The van der Waals surface area contributed by atoms with Gasteiger partial charge >= 0.3 is 5.97 Å². The van der Waals surface area contributed by atoms with E-state index in [9.17, 15) is 10.0 Å². The minimum atomic E-state index is -0.134. The van der Waals surface area contributed by atoms with Gasteiger partial charge in [-0.3, -0.25) is 4.79 Å². The maximum atomic E-state index is 11.7. The first-order chi connectivity index (χ1) is 15.2. The molecular weight excluding hydrogens is 398 g/mol. The quantitative estimate of drug-likeness (QED) is 0.226. The standard InChI is InChI=1S/C28H49NO3/c1-19(2)9-7-10-20(3)22-13-14-23-21-12-15-25(29-31)28(5,17-8-11-26(30)32-6)24(21)16-18-27(22,23)4/h19-24,31H,7-18H2,1-6H3/t20-,21+,22-,23+,24+,27-,28-/m1/s1. The third-order valence-corrected chi connectivity index (χ3v) is 10.3. The van der Waals surface area contributed by atoms with E-state index in [4.69, 9.17) is 4.74 Å². The first-order valence-corrected chi connectivity index (χ1v) is 13.5. The SMILES string of the molecule is COC(=O)CCC[C@@]1(C)C(=NO)CC[C@H]2[C@@H]3CC[C@H]([C@H](C)CCCC(C)C)[C@@]3(C)CC[C@@H]21. The lowest BCUT2D eigenvalue weighted by Crippen LogP contribution is -2.52. The number of fused-ring (bicyclic) bond motifs is 3. The zero-order chi connectivity index (χ0) is 23.5. The maximum Gasteiger partial charge on any atom is 0.305 e. The fraction of sp³-hybridized carbons (Fsp3) is 0.929. The fourth-order valence-corrected chi connectivity index (χ4v) is 8.50. The second kappa shape index (κ2) is 10.5. The number of ether oxygens (including phenoxy) is 1. The van der Waals surface area contributed by atoms with Crippen LogP contribution >= 0.6 is 0 Å². The molecule has 0 aromatic rings. The van der Waals surface area contributed by atoms with Crippen LogP contribution in [0.3, 0.4) is 0 Å². The van der Waals surface area contributed by atoms with Gasteiger partial charge < -0.3 is 9.94 Å². The third-order valence-electron chi connectivity index (χ3n) is 10.3. The second-order valence-corrected chi connectivity index (χ2v) is 12.3. The Bertz CT molecular complexity index is 674. The normalized spacial score (nSPS) is 39.0. The van der Waals surface area contributed by atoms with Gasteiger partial charge in [0, 0.05) is 11.8 Å². The summed E-state index contributed by atoms with van der Waals surface area (Å²) in [6.07, 6.45) is 13.7. The topological polar surface area (TPSA) is 58.9 Å². The van der Waals surface area contributed by atoms with Gasteiger partial charge in [0.25, 0.3) is 0 Å². The van der Waals surface area contributed by atoms with Crippen LogP contribution < -0.4 is 0 Å². The van der Waals surface area contributed by atoms with Crippen LogP contribution in [-0.2, 0) is 9.53 Å². The molecule has 3 aliphatic rings. The summed E-state index contributed by atoms with van der Waals surface area (Å²) in [6, 6.07) is 0. The molecule has 0 saturated heterocycles. The van der Waals surface area contributed by atoms with Crippen LogP contribution in [0.25, 0.3) is 0 Å². The smallest absolute Gasteiger partial charge is 0.305 e. The zero-order valence-electron chi connectivity index (χ0n) is 21.7. The first-order valence-electron chi connectivity index (χ1n) is 13.5. The summed E-state index contributed by atoms with van der Waals surface area (Å²) in [5.74, 6) is 4.47. The number of rotatable bonds is 9. The molecule has 4 heteroatoms. The summed E-state index contributed by atoms with van der Waals surface area (Å²) >= 11 is 0.